The number of rotatable bonds is 6. The number of fused-ring (bicyclic) bond motifs is 1. The van der Waals surface area contributed by atoms with Crippen molar-refractivity contribution in [2.45, 2.75) is 17.7 Å². The average molecular weight is 457 g/mol. The largest absolute Gasteiger partial charge is 0.326 e. The van der Waals surface area contributed by atoms with Crippen LogP contribution in [0.25, 0.3) is 0 Å². The van der Waals surface area contributed by atoms with Gasteiger partial charge in [-0.1, -0.05) is 0 Å². The van der Waals surface area contributed by atoms with Gasteiger partial charge in [-0.05, 0) is 48.5 Å². The molecular weight excluding hydrogens is 440 g/mol. The first-order chi connectivity index (χ1) is 14.7. The van der Waals surface area contributed by atoms with Crippen molar-refractivity contribution in [1.29, 1.82) is 0 Å². The molecule has 0 atom stereocenters. The normalized spacial score (nSPS) is 13.3. The van der Waals surface area contributed by atoms with Crippen molar-refractivity contribution < 1.29 is 22.8 Å². The second-order valence-electron chi connectivity index (χ2n) is 6.68. The zero-order valence-corrected chi connectivity index (χ0v) is 17.8. The summed E-state index contributed by atoms with van der Waals surface area (Å²) in [5, 5.41) is 2.60. The number of hydrogen-bond acceptors (Lipinski definition) is 7. The van der Waals surface area contributed by atoms with Crippen LogP contribution in [0, 0.1) is 0 Å². The average Bonchev–Trinajstić information content (AvgIpc) is 3.30. The summed E-state index contributed by atoms with van der Waals surface area (Å²) in [6.07, 6.45) is 1.44. The molecule has 4 rings (SSSR count). The van der Waals surface area contributed by atoms with E-state index in [1.165, 1.54) is 37.4 Å². The van der Waals surface area contributed by atoms with Crippen molar-refractivity contribution in [3.63, 3.8) is 0 Å². The Balaban J connectivity index is 1.47. The van der Waals surface area contributed by atoms with Gasteiger partial charge in [0.25, 0.3) is 21.8 Å². The molecule has 0 saturated carbocycles. The van der Waals surface area contributed by atoms with E-state index >= 15 is 0 Å². The summed E-state index contributed by atoms with van der Waals surface area (Å²) in [6.45, 7) is 1.34. The topological polar surface area (TPSA) is 126 Å². The SMILES string of the molecule is CC(=O)Nc1ccc(NS(=O)(=O)c2ccc(CN3C(=O)c4cccnc4C3=O)s2)cc1. The zero-order valence-electron chi connectivity index (χ0n) is 16.2. The van der Waals surface area contributed by atoms with E-state index in [2.05, 4.69) is 15.0 Å². The van der Waals surface area contributed by atoms with E-state index in [0.717, 1.165) is 16.2 Å². The summed E-state index contributed by atoms with van der Waals surface area (Å²) >= 11 is 0.966. The lowest BCUT2D eigenvalue weighted by atomic mass is 10.2. The fraction of sp³-hybridized carbons (Fsp3) is 0.100. The molecule has 158 valence electrons. The highest BCUT2D eigenvalue weighted by Crippen LogP contribution is 2.28. The summed E-state index contributed by atoms with van der Waals surface area (Å²) in [5.74, 6) is -1.19. The van der Waals surface area contributed by atoms with Gasteiger partial charge in [-0.2, -0.15) is 0 Å². The number of benzene rings is 1. The molecule has 3 aromatic rings. The number of hydrogen-bond donors (Lipinski definition) is 2. The van der Waals surface area contributed by atoms with Crippen molar-refractivity contribution in [3.05, 3.63) is 70.9 Å². The van der Waals surface area contributed by atoms with Crippen LogP contribution in [0.2, 0.25) is 0 Å². The third kappa shape index (κ3) is 4.18. The van der Waals surface area contributed by atoms with Gasteiger partial charge in [-0.25, -0.2) is 8.42 Å². The molecule has 3 amide bonds. The maximum Gasteiger partial charge on any atom is 0.280 e. The minimum absolute atomic E-state index is 0.0420. The summed E-state index contributed by atoms with van der Waals surface area (Å²) in [6, 6.07) is 12.3. The first kappa shape index (κ1) is 20.7. The van der Waals surface area contributed by atoms with Gasteiger partial charge >= 0.3 is 0 Å². The zero-order chi connectivity index (χ0) is 22.2. The van der Waals surface area contributed by atoms with Crippen LogP contribution < -0.4 is 10.0 Å². The highest BCUT2D eigenvalue weighted by Gasteiger charge is 2.36. The maximum absolute atomic E-state index is 12.7. The highest BCUT2D eigenvalue weighted by atomic mass is 32.2. The van der Waals surface area contributed by atoms with Crippen molar-refractivity contribution >= 4 is 50.5 Å². The minimum atomic E-state index is -3.86. The van der Waals surface area contributed by atoms with Crippen molar-refractivity contribution in [1.82, 2.24) is 9.88 Å². The Bertz CT molecular complexity index is 1260. The molecule has 31 heavy (non-hydrogen) atoms. The van der Waals surface area contributed by atoms with E-state index in [1.54, 1.807) is 24.3 Å². The van der Waals surface area contributed by atoms with Gasteiger partial charge in [-0.3, -0.25) is 29.0 Å². The van der Waals surface area contributed by atoms with E-state index in [0.29, 0.717) is 16.3 Å². The van der Waals surface area contributed by atoms with Gasteiger partial charge in [-0.15, -0.1) is 11.3 Å². The number of amides is 3. The number of carbonyl (C=O) groups excluding carboxylic acids is 3. The molecule has 11 heteroatoms. The molecule has 0 fully saturated rings. The monoisotopic (exact) mass is 456 g/mol. The van der Waals surface area contributed by atoms with Crippen LogP contribution in [0.15, 0.2) is 58.9 Å². The molecule has 2 aromatic heterocycles. The van der Waals surface area contributed by atoms with E-state index in [4.69, 9.17) is 0 Å². The number of aromatic nitrogens is 1. The molecule has 1 aliphatic rings. The van der Waals surface area contributed by atoms with Crippen molar-refractivity contribution in [3.8, 4) is 0 Å². The molecule has 9 nitrogen and oxygen atoms in total. The van der Waals surface area contributed by atoms with Crippen LogP contribution >= 0.6 is 11.3 Å². The Kier molecular flexibility index (Phi) is 5.29. The van der Waals surface area contributed by atoms with Crippen molar-refractivity contribution in [2.75, 3.05) is 10.0 Å². The van der Waals surface area contributed by atoms with Gasteiger partial charge in [0.1, 0.15) is 9.90 Å². The van der Waals surface area contributed by atoms with E-state index in [-0.39, 0.29) is 27.9 Å². The quantitative estimate of drug-likeness (QED) is 0.550. The molecule has 0 aliphatic carbocycles. The number of nitrogens with zero attached hydrogens (tertiary/aromatic N) is 2. The third-order valence-corrected chi connectivity index (χ3v) is 7.35. The van der Waals surface area contributed by atoms with E-state index < -0.39 is 21.8 Å². The summed E-state index contributed by atoms with van der Waals surface area (Å²) in [4.78, 5) is 41.5. The Labute approximate surface area is 181 Å². The number of carbonyl (C=O) groups is 3. The minimum Gasteiger partial charge on any atom is -0.326 e. The van der Waals surface area contributed by atoms with Crippen LogP contribution in [-0.4, -0.2) is 36.0 Å². The molecule has 0 bridgehead atoms. The lowest BCUT2D eigenvalue weighted by molar-refractivity contribution is -0.114. The summed E-state index contributed by atoms with van der Waals surface area (Å²) in [7, 11) is -3.86. The number of sulfonamides is 1. The number of imide groups is 1. The Morgan fingerprint density at radius 3 is 2.42 bits per heavy atom. The lowest BCUT2D eigenvalue weighted by Crippen LogP contribution is -2.28. The summed E-state index contributed by atoms with van der Waals surface area (Å²) in [5.41, 5.74) is 1.21. The van der Waals surface area contributed by atoms with Gasteiger partial charge in [0.05, 0.1) is 12.1 Å². The smallest absolute Gasteiger partial charge is 0.280 e. The van der Waals surface area contributed by atoms with Crippen molar-refractivity contribution in [2.24, 2.45) is 0 Å². The lowest BCUT2D eigenvalue weighted by Gasteiger charge is -2.11. The predicted molar refractivity (Wildman–Crippen MR) is 114 cm³/mol. The molecule has 1 aliphatic heterocycles. The number of anilines is 2. The third-order valence-electron chi connectivity index (χ3n) is 4.40. The van der Waals surface area contributed by atoms with Gasteiger partial charge in [0.2, 0.25) is 5.91 Å². The molecule has 0 saturated heterocycles. The fourth-order valence-electron chi connectivity index (χ4n) is 3.03. The molecule has 2 N–H and O–H groups in total. The second-order valence-corrected chi connectivity index (χ2v) is 9.76. The van der Waals surface area contributed by atoms with Crippen LogP contribution in [-0.2, 0) is 21.4 Å². The molecule has 0 unspecified atom stereocenters. The van der Waals surface area contributed by atoms with Crippen LogP contribution in [0.4, 0.5) is 11.4 Å². The molecular formula is C20H16N4O5S2. The van der Waals surface area contributed by atoms with Gasteiger partial charge in [0, 0.05) is 29.4 Å². The number of thiophene rings is 1. The van der Waals surface area contributed by atoms with Crippen LogP contribution in [0.1, 0.15) is 32.6 Å². The van der Waals surface area contributed by atoms with Crippen LogP contribution in [0.3, 0.4) is 0 Å². The second kappa shape index (κ2) is 7.93. The predicted octanol–water partition coefficient (Wildman–Crippen LogP) is 2.70. The van der Waals surface area contributed by atoms with Crippen LogP contribution in [0.5, 0.6) is 0 Å². The first-order valence-corrected chi connectivity index (χ1v) is 11.3. The molecule has 3 heterocycles. The maximum atomic E-state index is 12.7. The standard InChI is InChI=1S/C20H16N4O5S2/c1-12(25)22-13-4-6-14(7-5-13)23-31(28,29)17-9-8-15(30-17)11-24-19(26)16-3-2-10-21-18(16)20(24)27/h2-10,23H,11H2,1H3,(H,22,25). The molecule has 0 spiro atoms. The molecule has 1 aromatic carbocycles. The Morgan fingerprint density at radius 1 is 1.03 bits per heavy atom. The van der Waals surface area contributed by atoms with Gasteiger partial charge in [0.15, 0.2) is 0 Å². The number of nitrogens with one attached hydrogen (secondary N) is 2. The Morgan fingerprint density at radius 2 is 1.74 bits per heavy atom. The van der Waals surface area contributed by atoms with Gasteiger partial charge < -0.3 is 5.32 Å². The number of pyridine rings is 1. The highest BCUT2D eigenvalue weighted by molar-refractivity contribution is 7.94. The molecule has 0 radical (unpaired) electrons. The first-order valence-electron chi connectivity index (χ1n) is 9.05. The summed E-state index contributed by atoms with van der Waals surface area (Å²) < 4.78 is 27.9. The van der Waals surface area contributed by atoms with E-state index in [9.17, 15) is 22.8 Å². The Hall–Kier alpha value is -3.57. The fourth-order valence-corrected chi connectivity index (χ4v) is 5.43. The van der Waals surface area contributed by atoms with E-state index in [1.807, 2.05) is 0 Å².